The quantitative estimate of drug-likeness (QED) is 0.828. The van der Waals surface area contributed by atoms with Gasteiger partial charge in [-0.25, -0.2) is 0 Å². The van der Waals surface area contributed by atoms with E-state index in [-0.39, 0.29) is 5.91 Å². The van der Waals surface area contributed by atoms with Crippen molar-refractivity contribution in [1.82, 2.24) is 20.0 Å². The molecule has 1 aliphatic rings. The lowest BCUT2D eigenvalue weighted by Crippen LogP contribution is -2.58. The van der Waals surface area contributed by atoms with Crippen molar-refractivity contribution in [3.63, 3.8) is 0 Å². The number of amides is 1. The Kier molecular flexibility index (Phi) is 3.91. The molecule has 0 radical (unpaired) electrons. The third kappa shape index (κ3) is 2.96. The van der Waals surface area contributed by atoms with Gasteiger partial charge in [-0.05, 0) is 20.8 Å². The van der Waals surface area contributed by atoms with Crippen LogP contribution >= 0.6 is 0 Å². The summed E-state index contributed by atoms with van der Waals surface area (Å²) >= 11 is 0. The Morgan fingerprint density at radius 1 is 1.42 bits per heavy atom. The predicted molar refractivity (Wildman–Crippen MR) is 75.1 cm³/mol. The molecule has 0 unspecified atom stereocenters. The van der Waals surface area contributed by atoms with Crippen LogP contribution in [0.25, 0.3) is 0 Å². The molecule has 0 atom stereocenters. The van der Waals surface area contributed by atoms with E-state index in [4.69, 9.17) is 0 Å². The second-order valence-electron chi connectivity index (χ2n) is 5.54. The fourth-order valence-corrected chi connectivity index (χ4v) is 2.36. The zero-order valence-electron chi connectivity index (χ0n) is 12.2. The first-order chi connectivity index (χ1) is 8.91. The topological polar surface area (TPSA) is 62.2 Å². The number of piperazine rings is 1. The van der Waals surface area contributed by atoms with Crippen LogP contribution in [0.15, 0.2) is 6.07 Å². The number of anilines is 1. The van der Waals surface area contributed by atoms with Gasteiger partial charge >= 0.3 is 0 Å². The van der Waals surface area contributed by atoms with Gasteiger partial charge in [0.1, 0.15) is 5.82 Å². The highest BCUT2D eigenvalue weighted by molar-refractivity contribution is 5.96. The molecule has 0 aliphatic carbocycles. The summed E-state index contributed by atoms with van der Waals surface area (Å²) in [6, 6.07) is 1.88. The fourth-order valence-electron chi connectivity index (χ4n) is 2.36. The van der Waals surface area contributed by atoms with Gasteiger partial charge in [-0.1, -0.05) is 0 Å². The van der Waals surface area contributed by atoms with E-state index in [2.05, 4.69) is 20.6 Å². The zero-order chi connectivity index (χ0) is 14.0. The minimum Gasteiger partial charge on any atom is -0.314 e. The molecule has 2 N–H and O–H groups in total. The number of hydrogen-bond donors (Lipinski definition) is 2. The van der Waals surface area contributed by atoms with Crippen LogP contribution in [-0.2, 0) is 11.8 Å². The molecule has 0 aromatic carbocycles. The highest BCUT2D eigenvalue weighted by Gasteiger charge is 2.35. The van der Waals surface area contributed by atoms with Crippen molar-refractivity contribution in [1.29, 1.82) is 0 Å². The molecule has 6 heteroatoms. The summed E-state index contributed by atoms with van der Waals surface area (Å²) in [6.07, 6.45) is 0. The molecular formula is C13H23N5O. The number of rotatable bonds is 3. The molecule has 1 saturated heterocycles. The van der Waals surface area contributed by atoms with Crippen molar-refractivity contribution in [3.8, 4) is 0 Å². The highest BCUT2D eigenvalue weighted by Crippen LogP contribution is 2.18. The average molecular weight is 265 g/mol. The van der Waals surface area contributed by atoms with Gasteiger partial charge in [0.2, 0.25) is 5.91 Å². The summed E-state index contributed by atoms with van der Waals surface area (Å²) in [6.45, 7) is 9.50. The van der Waals surface area contributed by atoms with E-state index in [0.29, 0.717) is 0 Å². The van der Waals surface area contributed by atoms with E-state index in [0.717, 1.165) is 37.7 Å². The normalized spacial score (nSPS) is 17.5. The Balaban J connectivity index is 2.07. The van der Waals surface area contributed by atoms with Crippen LogP contribution in [0.4, 0.5) is 5.82 Å². The van der Waals surface area contributed by atoms with Gasteiger partial charge in [0.05, 0.1) is 11.2 Å². The van der Waals surface area contributed by atoms with Crippen molar-refractivity contribution in [3.05, 3.63) is 11.8 Å². The Labute approximate surface area is 114 Å². The van der Waals surface area contributed by atoms with E-state index in [9.17, 15) is 4.79 Å². The Hall–Kier alpha value is -1.40. The maximum absolute atomic E-state index is 12.5. The summed E-state index contributed by atoms with van der Waals surface area (Å²) in [5.41, 5.74) is 0.387. The fraction of sp³-hybridized carbons (Fsp3) is 0.692. The van der Waals surface area contributed by atoms with Gasteiger partial charge in [-0.3, -0.25) is 14.4 Å². The lowest BCUT2D eigenvalue weighted by Gasteiger charge is -2.39. The first-order valence-corrected chi connectivity index (χ1v) is 6.69. The van der Waals surface area contributed by atoms with Gasteiger partial charge < -0.3 is 10.6 Å². The van der Waals surface area contributed by atoms with Gasteiger partial charge in [-0.2, -0.15) is 5.10 Å². The molecule has 1 amide bonds. The van der Waals surface area contributed by atoms with Crippen molar-refractivity contribution < 1.29 is 4.79 Å². The first kappa shape index (κ1) is 14.0. The van der Waals surface area contributed by atoms with Crippen molar-refractivity contribution in [2.24, 2.45) is 7.05 Å². The van der Waals surface area contributed by atoms with Crippen LogP contribution in [0.2, 0.25) is 0 Å². The molecule has 106 valence electrons. The van der Waals surface area contributed by atoms with E-state index in [1.807, 2.05) is 33.9 Å². The van der Waals surface area contributed by atoms with Crippen molar-refractivity contribution in [2.75, 3.05) is 31.5 Å². The van der Waals surface area contributed by atoms with Crippen LogP contribution in [-0.4, -0.2) is 52.3 Å². The number of nitrogens with zero attached hydrogens (tertiary/aromatic N) is 3. The Morgan fingerprint density at radius 3 is 2.58 bits per heavy atom. The summed E-state index contributed by atoms with van der Waals surface area (Å²) in [5, 5.41) is 10.5. The molecule has 19 heavy (non-hydrogen) atoms. The Bertz CT molecular complexity index is 460. The zero-order valence-corrected chi connectivity index (χ0v) is 12.2. The van der Waals surface area contributed by atoms with Crippen LogP contribution in [0, 0.1) is 6.92 Å². The molecule has 1 fully saturated rings. The number of hydrogen-bond acceptors (Lipinski definition) is 4. The van der Waals surface area contributed by atoms with Gasteiger partial charge in [-0.15, -0.1) is 0 Å². The van der Waals surface area contributed by atoms with Gasteiger partial charge in [0.15, 0.2) is 0 Å². The second kappa shape index (κ2) is 5.30. The molecule has 0 spiro atoms. The maximum atomic E-state index is 12.5. The first-order valence-electron chi connectivity index (χ1n) is 6.69. The molecule has 1 aromatic heterocycles. The third-order valence-corrected chi connectivity index (χ3v) is 3.71. The molecule has 2 rings (SSSR count). The average Bonchev–Trinajstić information content (AvgIpc) is 2.69. The summed E-state index contributed by atoms with van der Waals surface area (Å²) < 4.78 is 1.70. The summed E-state index contributed by atoms with van der Waals surface area (Å²) in [4.78, 5) is 14.7. The number of aryl methyl sites for hydroxylation is 2. The standard InChI is InChI=1S/C13H23N5O/c1-10-9-11(17(4)16-10)15-12(19)13(2,3)18-7-5-14-6-8-18/h9,14H,5-8H2,1-4H3,(H,15,19). The van der Waals surface area contributed by atoms with Gasteiger partial charge in [0, 0.05) is 39.3 Å². The molecular weight excluding hydrogens is 242 g/mol. The van der Waals surface area contributed by atoms with E-state index < -0.39 is 5.54 Å². The lowest BCUT2D eigenvalue weighted by molar-refractivity contribution is -0.126. The number of aromatic nitrogens is 2. The lowest BCUT2D eigenvalue weighted by atomic mass is 10.0. The van der Waals surface area contributed by atoms with Crippen LogP contribution in [0.3, 0.4) is 0 Å². The van der Waals surface area contributed by atoms with Crippen molar-refractivity contribution >= 4 is 11.7 Å². The Morgan fingerprint density at radius 2 is 2.05 bits per heavy atom. The van der Waals surface area contributed by atoms with E-state index in [1.54, 1.807) is 4.68 Å². The van der Waals surface area contributed by atoms with Crippen LogP contribution in [0.1, 0.15) is 19.5 Å². The number of carbonyl (C=O) groups excluding carboxylic acids is 1. The molecule has 0 bridgehead atoms. The van der Waals surface area contributed by atoms with E-state index in [1.165, 1.54) is 0 Å². The summed E-state index contributed by atoms with van der Waals surface area (Å²) in [5.74, 6) is 0.753. The van der Waals surface area contributed by atoms with Crippen molar-refractivity contribution in [2.45, 2.75) is 26.3 Å². The predicted octanol–water partition coefficient (Wildman–Crippen LogP) is 0.351. The molecule has 0 saturated carbocycles. The second-order valence-corrected chi connectivity index (χ2v) is 5.54. The highest BCUT2D eigenvalue weighted by atomic mass is 16.2. The van der Waals surface area contributed by atoms with Crippen LogP contribution in [0.5, 0.6) is 0 Å². The van der Waals surface area contributed by atoms with E-state index >= 15 is 0 Å². The van der Waals surface area contributed by atoms with Gasteiger partial charge in [0.25, 0.3) is 0 Å². The molecule has 1 aliphatic heterocycles. The summed E-state index contributed by atoms with van der Waals surface area (Å²) in [7, 11) is 1.83. The monoisotopic (exact) mass is 265 g/mol. The molecule has 1 aromatic rings. The van der Waals surface area contributed by atoms with Crippen LogP contribution < -0.4 is 10.6 Å². The minimum absolute atomic E-state index is 0.0115. The molecule has 2 heterocycles. The smallest absolute Gasteiger partial charge is 0.245 e. The number of nitrogens with one attached hydrogen (secondary N) is 2. The third-order valence-electron chi connectivity index (χ3n) is 3.71. The molecule has 6 nitrogen and oxygen atoms in total. The maximum Gasteiger partial charge on any atom is 0.245 e. The largest absolute Gasteiger partial charge is 0.314 e. The number of carbonyl (C=O) groups is 1. The SMILES string of the molecule is Cc1cc(NC(=O)C(C)(C)N2CCNCC2)n(C)n1. The minimum atomic E-state index is -0.514.